The molecule has 2 aliphatic rings. The number of fused-ring (bicyclic) bond motifs is 3. The Bertz CT molecular complexity index is 3130. The number of carboxylic acids is 1. The van der Waals surface area contributed by atoms with E-state index in [4.69, 9.17) is 10.8 Å². The first kappa shape index (κ1) is 72.1. The number of rotatable bonds is 24. The highest BCUT2D eigenvalue weighted by molar-refractivity contribution is 7.99. The minimum Gasteiger partial charge on any atom is -0.481 e. The highest BCUT2D eigenvalue weighted by atomic mass is 32.2. The number of para-hydroxylation sites is 1. The Morgan fingerprint density at radius 3 is 2.09 bits per heavy atom. The van der Waals surface area contributed by atoms with Crippen LogP contribution in [-0.2, 0) is 75.3 Å². The fourth-order valence-corrected chi connectivity index (χ4v) is 10.9. The topological polar surface area (TPSA) is 468 Å². The van der Waals surface area contributed by atoms with Crippen LogP contribution in [0.3, 0.4) is 0 Å². The number of aromatic nitrogens is 1. The van der Waals surface area contributed by atoms with Crippen molar-refractivity contribution < 1.29 is 82.8 Å². The van der Waals surface area contributed by atoms with E-state index in [2.05, 4.69) is 58.2 Å². The second kappa shape index (κ2) is 33.8. The van der Waals surface area contributed by atoms with Crippen LogP contribution in [-0.4, -0.2) is 194 Å². The fourth-order valence-electron chi connectivity index (χ4n) is 9.83. The van der Waals surface area contributed by atoms with E-state index in [1.54, 1.807) is 71.0 Å². The number of hydrogen-bond acceptors (Lipinski definition) is 17. The van der Waals surface area contributed by atoms with Gasteiger partial charge in [-0.15, -0.1) is 11.8 Å². The van der Waals surface area contributed by atoms with Gasteiger partial charge in [0.2, 0.25) is 70.9 Å². The summed E-state index contributed by atoms with van der Waals surface area (Å²) in [5.41, 5.74) is 7.41. The Morgan fingerprint density at radius 2 is 1.46 bits per heavy atom. The van der Waals surface area contributed by atoms with Crippen molar-refractivity contribution in [2.24, 2.45) is 29.4 Å². The van der Waals surface area contributed by atoms with E-state index in [0.717, 1.165) is 16.7 Å². The Labute approximate surface area is 523 Å². The molecule has 12 amide bonds. The van der Waals surface area contributed by atoms with E-state index in [9.17, 15) is 77.6 Å². The summed E-state index contributed by atoms with van der Waals surface area (Å²) in [5, 5.41) is 66.3. The second-order valence-corrected chi connectivity index (χ2v) is 23.9. The number of hydrogen-bond donors (Lipinski definition) is 16. The van der Waals surface area contributed by atoms with Crippen LogP contribution < -0.4 is 58.9 Å². The van der Waals surface area contributed by atoms with Gasteiger partial charge in [0.1, 0.15) is 42.3 Å². The summed E-state index contributed by atoms with van der Waals surface area (Å²) in [6.45, 7) is 8.65. The molecule has 0 bridgehead atoms. The van der Waals surface area contributed by atoms with Crippen molar-refractivity contribution in [1.82, 2.24) is 57.7 Å². The summed E-state index contributed by atoms with van der Waals surface area (Å²) in [5.74, 6) is -13.9. The molecule has 0 spiro atoms. The van der Waals surface area contributed by atoms with Crippen molar-refractivity contribution in [1.29, 1.82) is 0 Å². The average molecular weight is 1280 g/mol. The van der Waals surface area contributed by atoms with E-state index in [1.165, 1.54) is 26.0 Å². The number of aliphatic hydroxyl groups excluding tert-OH is 3. The lowest BCUT2D eigenvalue weighted by molar-refractivity contribution is -0.142. The van der Waals surface area contributed by atoms with Crippen LogP contribution >= 0.6 is 11.8 Å². The molecule has 0 unspecified atom stereocenters. The quantitative estimate of drug-likeness (QED) is 0.0433. The molecule has 90 heavy (non-hydrogen) atoms. The Hall–Kier alpha value is -8.68. The lowest BCUT2D eigenvalue weighted by Gasteiger charge is -2.29. The van der Waals surface area contributed by atoms with Gasteiger partial charge < -0.3 is 89.2 Å². The molecule has 0 saturated carbocycles. The largest absolute Gasteiger partial charge is 0.481 e. The summed E-state index contributed by atoms with van der Waals surface area (Å²) >= 11 is 0.978. The van der Waals surface area contributed by atoms with Crippen LogP contribution in [0, 0.1) is 23.7 Å². The first-order valence-electron chi connectivity index (χ1n) is 29.5. The molecule has 5 rings (SSSR count). The number of carboxylic acid groups (broad SMARTS) is 1. The molecule has 0 aliphatic carbocycles. The number of nitrogens with one attached hydrogen (secondary N) is 11. The van der Waals surface area contributed by atoms with Crippen LogP contribution in [0.1, 0.15) is 91.7 Å². The number of amides is 12. The number of nitrogens with zero attached hydrogens (tertiary/aromatic N) is 1. The standard InChI is InChI=1S/C59H83N13O17S/c1-8-29(4)50-56(87)63-23-46(78)66-41(27-90-58-37(36-11-9-10-12-38(36)69-58)20-39(54(85)62-24-47(79)71-50)67-52(83)31(6)30(5)43(75)26-73)55(86)68-40(59(89)72-25-35(74)19-42(72)51(60)82)21-45(77)61-22-33-13-15-34(16-14-33)65-53(84)32(7)64-57(88)49(28(2)3)70-44(76)17-18-48(80)81/h9-16,28-32,35,39-43,49-50,69,73-75H,8,17-27H2,1-7H3,(H2,60,82)(H,61,77)(H,62,85)(H,63,87)(H,64,88)(H,65,84)(H,66,78)(H,67,83)(H,68,86)(H,70,76)(H,71,79)(H,80,81)/t29-,30+,31-,32-,35+,39-,40-,41-,42-,43-,49-,50-/m0/s1. The Morgan fingerprint density at radius 1 is 0.800 bits per heavy atom. The van der Waals surface area contributed by atoms with E-state index >= 15 is 0 Å². The van der Waals surface area contributed by atoms with E-state index in [1.807, 2.05) is 0 Å². The second-order valence-electron chi connectivity index (χ2n) is 22.9. The van der Waals surface area contributed by atoms with E-state index in [-0.39, 0.29) is 37.2 Å². The monoisotopic (exact) mass is 1280 g/mol. The molecule has 0 radical (unpaired) electrons. The summed E-state index contributed by atoms with van der Waals surface area (Å²) in [4.78, 5) is 179. The normalized spacial score (nSPS) is 20.9. The van der Waals surface area contributed by atoms with Gasteiger partial charge in [-0.1, -0.05) is 78.3 Å². The number of nitrogens with two attached hydrogens (primary N) is 1. The first-order chi connectivity index (χ1) is 42.5. The van der Waals surface area contributed by atoms with Crippen LogP contribution in [0.4, 0.5) is 5.69 Å². The average Bonchev–Trinajstić information content (AvgIpc) is 1.70. The van der Waals surface area contributed by atoms with Crippen molar-refractivity contribution in [2.75, 3.05) is 37.3 Å². The number of H-pyrrole nitrogens is 1. The number of aliphatic hydroxyl groups is 3. The maximum atomic E-state index is 14.8. The molecule has 3 heterocycles. The van der Waals surface area contributed by atoms with Crippen LogP contribution in [0.15, 0.2) is 53.6 Å². The Kier molecular flexibility index (Phi) is 27.0. The number of β-amino-alcohol motifs (C(OH)–C–C–N with tert-alkyl or cyclic N) is 1. The van der Waals surface area contributed by atoms with Gasteiger partial charge in [0.05, 0.1) is 49.8 Å². The predicted molar refractivity (Wildman–Crippen MR) is 325 cm³/mol. The number of primary amides is 1. The van der Waals surface area contributed by atoms with Crippen molar-refractivity contribution >= 4 is 105 Å². The first-order valence-corrected chi connectivity index (χ1v) is 30.5. The van der Waals surface area contributed by atoms with Gasteiger partial charge in [-0.25, -0.2) is 0 Å². The third kappa shape index (κ3) is 20.7. The molecular formula is C59H83N13O17S. The molecule has 12 atom stereocenters. The van der Waals surface area contributed by atoms with Crippen molar-refractivity contribution in [2.45, 2.75) is 153 Å². The SMILES string of the molecule is CC[C@H](C)[C@@H]1NC(=O)CNC(=O)[C@@H](NC(=O)[C@@H](C)[C@@H](C)[C@@H](O)CO)Cc2c([nH]c3ccccc23)SC[C@@H](C(=O)N[C@@H](CC(=O)NCc2ccc(NC(=O)[C@H](C)NC(=O)[C@@H](NC(=O)CCC(=O)O)C(C)C)cc2)C(=O)N2C[C@H](O)C[C@H]2C(N)=O)NC(=O)CNC1=O. The zero-order valence-electron chi connectivity index (χ0n) is 51.1. The number of aromatic amines is 1. The zero-order valence-corrected chi connectivity index (χ0v) is 52.0. The Balaban J connectivity index is 1.41. The molecule has 30 nitrogen and oxygen atoms in total. The number of carbonyl (C=O) groups is 13. The number of likely N-dealkylation sites (tertiary alicyclic amines) is 1. The molecule has 2 aromatic carbocycles. The third-order valence-corrected chi connectivity index (χ3v) is 16.8. The molecule has 31 heteroatoms. The number of benzene rings is 2. The number of thioether (sulfide) groups is 1. The van der Waals surface area contributed by atoms with Crippen molar-refractivity contribution in [3.8, 4) is 0 Å². The van der Waals surface area contributed by atoms with Crippen LogP contribution in [0.25, 0.3) is 10.9 Å². The maximum absolute atomic E-state index is 14.8. The van der Waals surface area contributed by atoms with Gasteiger partial charge in [0, 0.05) is 60.6 Å². The molecule has 492 valence electrons. The molecule has 3 aromatic rings. The predicted octanol–water partition coefficient (Wildman–Crippen LogP) is -2.74. The highest BCUT2D eigenvalue weighted by Gasteiger charge is 2.42. The van der Waals surface area contributed by atoms with Crippen LogP contribution in [0.2, 0.25) is 0 Å². The summed E-state index contributed by atoms with van der Waals surface area (Å²) in [7, 11) is 0. The number of aliphatic carboxylic acids is 1. The minimum atomic E-state index is -1.78. The zero-order chi connectivity index (χ0) is 66.7. The molecule has 1 saturated heterocycles. The van der Waals surface area contributed by atoms with Crippen LogP contribution in [0.5, 0.6) is 0 Å². The van der Waals surface area contributed by atoms with Gasteiger partial charge in [0.25, 0.3) is 0 Å². The maximum Gasteiger partial charge on any atom is 0.303 e. The molecule has 17 N–H and O–H groups in total. The molecule has 1 fully saturated rings. The van der Waals surface area contributed by atoms with E-state index in [0.29, 0.717) is 33.5 Å². The third-order valence-electron chi connectivity index (χ3n) is 15.7. The molecule has 2 aliphatic heterocycles. The number of anilines is 1. The van der Waals surface area contributed by atoms with Gasteiger partial charge in [0.15, 0.2) is 0 Å². The van der Waals surface area contributed by atoms with Crippen molar-refractivity contribution in [3.63, 3.8) is 0 Å². The van der Waals surface area contributed by atoms with Gasteiger partial charge in [-0.3, -0.25) is 62.3 Å². The lowest BCUT2D eigenvalue weighted by Crippen LogP contribution is -2.59. The van der Waals surface area contributed by atoms with Crippen molar-refractivity contribution in [3.05, 3.63) is 59.7 Å². The fraction of sp³-hybridized carbons (Fsp3) is 0.542. The molecular weight excluding hydrogens is 1190 g/mol. The number of carbonyl (C=O) groups excluding carboxylic acids is 12. The van der Waals surface area contributed by atoms with Gasteiger partial charge >= 0.3 is 5.97 Å². The van der Waals surface area contributed by atoms with Gasteiger partial charge in [-0.05, 0) is 54.0 Å². The summed E-state index contributed by atoms with van der Waals surface area (Å²) in [6.07, 6.45) is -4.16. The summed E-state index contributed by atoms with van der Waals surface area (Å²) < 4.78 is 0. The minimum absolute atomic E-state index is 0.165. The highest BCUT2D eigenvalue weighted by Crippen LogP contribution is 2.32. The lowest BCUT2D eigenvalue weighted by atomic mass is 9.90. The van der Waals surface area contributed by atoms with Gasteiger partial charge in [-0.2, -0.15) is 0 Å². The molecule has 1 aromatic heterocycles. The van der Waals surface area contributed by atoms with E-state index < -0.39 is 194 Å². The summed E-state index contributed by atoms with van der Waals surface area (Å²) in [6, 6.07) is 3.49. The smallest absolute Gasteiger partial charge is 0.303 e.